The fourth-order valence-electron chi connectivity index (χ4n) is 2.31. The van der Waals surface area contributed by atoms with Gasteiger partial charge in [0.2, 0.25) is 8.96 Å². The van der Waals surface area contributed by atoms with Crippen LogP contribution >= 0.6 is 23.4 Å². The Hall–Kier alpha value is -2.09. The van der Waals surface area contributed by atoms with E-state index in [9.17, 15) is 27.9 Å². The van der Waals surface area contributed by atoms with Crippen molar-refractivity contribution >= 4 is 43.2 Å². The standard InChI is InChI=1S/C13H10ClF3N5O3SSi/c14-8-7(13(15,16)17)3-6-9(19-12(25)20-11(6)24)10(8)26-5-27(4-23)22-2-1-18-21-22/h1-3,23H,4-5H2,(H2,19,20,24,25). The molecule has 2 aromatic heterocycles. The Labute approximate surface area is 159 Å². The summed E-state index contributed by atoms with van der Waals surface area (Å²) in [6.07, 6.45) is -2.11. The zero-order valence-corrected chi connectivity index (χ0v) is 15.7. The average molecular weight is 437 g/mol. The number of aromatic nitrogens is 5. The van der Waals surface area contributed by atoms with Crippen molar-refractivity contribution in [1.29, 1.82) is 0 Å². The molecule has 0 saturated heterocycles. The SMILES string of the molecule is O=c1[nH]c(=O)c2cc(C(F)(F)F)c(Cl)c(SC[Si](CO)n3ccnn3)c2[nH]1. The first-order valence-corrected chi connectivity index (χ1v) is 10.5. The lowest BCUT2D eigenvalue weighted by atomic mass is 10.1. The minimum Gasteiger partial charge on any atom is -0.398 e. The number of halogens is 4. The first-order chi connectivity index (χ1) is 12.7. The van der Waals surface area contributed by atoms with Crippen LogP contribution in [0.2, 0.25) is 5.02 Å². The Morgan fingerprint density at radius 1 is 1.33 bits per heavy atom. The lowest BCUT2D eigenvalue weighted by Crippen LogP contribution is -2.33. The van der Waals surface area contributed by atoms with Gasteiger partial charge in [0.1, 0.15) is 0 Å². The lowest BCUT2D eigenvalue weighted by Gasteiger charge is -2.16. The molecule has 14 heteroatoms. The van der Waals surface area contributed by atoms with E-state index in [-0.39, 0.29) is 27.4 Å². The molecule has 0 bridgehead atoms. The number of fused-ring (bicyclic) bond motifs is 1. The Morgan fingerprint density at radius 2 is 2.07 bits per heavy atom. The molecule has 1 aromatic carbocycles. The van der Waals surface area contributed by atoms with E-state index in [1.807, 2.05) is 4.98 Å². The molecule has 0 aliphatic heterocycles. The Kier molecular flexibility index (Phi) is 5.46. The van der Waals surface area contributed by atoms with Crippen LogP contribution in [0, 0.1) is 0 Å². The Balaban J connectivity index is 2.13. The van der Waals surface area contributed by atoms with Crippen molar-refractivity contribution in [3.8, 4) is 0 Å². The zero-order valence-electron chi connectivity index (χ0n) is 13.2. The topological polar surface area (TPSA) is 117 Å². The molecule has 0 fully saturated rings. The van der Waals surface area contributed by atoms with Gasteiger partial charge >= 0.3 is 11.9 Å². The van der Waals surface area contributed by atoms with Crippen LogP contribution in [-0.4, -0.2) is 50.3 Å². The molecule has 0 aliphatic carbocycles. The lowest BCUT2D eigenvalue weighted by molar-refractivity contribution is -0.137. The molecule has 2 heterocycles. The third kappa shape index (κ3) is 3.95. The molecular formula is C13H10ClF3N5O3SSi. The second kappa shape index (κ2) is 7.50. The molecule has 0 saturated carbocycles. The number of hydrogen-bond acceptors (Lipinski definition) is 6. The molecule has 3 rings (SSSR count). The van der Waals surface area contributed by atoms with Crippen molar-refractivity contribution in [1.82, 2.24) is 24.6 Å². The largest absolute Gasteiger partial charge is 0.417 e. The highest BCUT2D eigenvalue weighted by Gasteiger charge is 2.36. The number of thioether (sulfide) groups is 1. The van der Waals surface area contributed by atoms with E-state index in [1.54, 1.807) is 0 Å². The van der Waals surface area contributed by atoms with Gasteiger partial charge in [0, 0.05) is 11.6 Å². The predicted molar refractivity (Wildman–Crippen MR) is 94.2 cm³/mol. The highest BCUT2D eigenvalue weighted by molar-refractivity contribution is 8.01. The van der Waals surface area contributed by atoms with Crippen molar-refractivity contribution in [3.63, 3.8) is 0 Å². The third-order valence-corrected chi connectivity index (χ3v) is 7.91. The summed E-state index contributed by atoms with van der Waals surface area (Å²) in [5.74, 6) is 0. The van der Waals surface area contributed by atoms with Crippen molar-refractivity contribution < 1.29 is 18.3 Å². The number of hydrogen-bond donors (Lipinski definition) is 3. The van der Waals surface area contributed by atoms with Crippen LogP contribution in [0.4, 0.5) is 13.2 Å². The summed E-state index contributed by atoms with van der Waals surface area (Å²) in [5.41, 5.74) is -3.10. The summed E-state index contributed by atoms with van der Waals surface area (Å²) in [6.45, 7) is 0. The number of alkyl halides is 3. The monoisotopic (exact) mass is 436 g/mol. The maximum Gasteiger partial charge on any atom is 0.417 e. The van der Waals surface area contributed by atoms with E-state index in [2.05, 4.69) is 15.3 Å². The minimum atomic E-state index is -4.79. The van der Waals surface area contributed by atoms with Crippen LogP contribution < -0.4 is 11.2 Å². The number of aliphatic hydroxyl groups excluding tert-OH is 1. The molecule has 0 unspecified atom stereocenters. The fraction of sp³-hybridized carbons (Fsp3) is 0.231. The van der Waals surface area contributed by atoms with Crippen LogP contribution in [0.1, 0.15) is 5.56 Å². The maximum atomic E-state index is 13.3. The maximum absolute atomic E-state index is 13.3. The normalized spacial score (nSPS) is 12.2. The van der Waals surface area contributed by atoms with Gasteiger partial charge in [-0.25, -0.2) is 4.79 Å². The van der Waals surface area contributed by atoms with E-state index in [0.29, 0.717) is 6.07 Å². The van der Waals surface area contributed by atoms with Gasteiger partial charge in [-0.05, 0) is 6.07 Å². The number of H-pyrrole nitrogens is 2. The fourth-order valence-corrected chi connectivity index (χ4v) is 6.01. The summed E-state index contributed by atoms with van der Waals surface area (Å²) in [6, 6.07) is 0.603. The first kappa shape index (κ1) is 19.7. The molecule has 0 spiro atoms. The molecule has 27 heavy (non-hydrogen) atoms. The van der Waals surface area contributed by atoms with Crippen LogP contribution in [0.15, 0.2) is 32.9 Å². The van der Waals surface area contributed by atoms with Gasteiger partial charge in [0.25, 0.3) is 5.56 Å². The number of nitrogens with zero attached hydrogens (tertiary/aromatic N) is 3. The number of rotatable bonds is 5. The van der Waals surface area contributed by atoms with Gasteiger partial charge in [-0.15, -0.1) is 16.9 Å². The van der Waals surface area contributed by atoms with Crippen molar-refractivity contribution in [2.75, 3.05) is 11.6 Å². The van der Waals surface area contributed by atoms with Crippen molar-refractivity contribution in [2.45, 2.75) is 11.1 Å². The average Bonchev–Trinajstić information content (AvgIpc) is 3.10. The Bertz CT molecular complexity index is 1090. The van der Waals surface area contributed by atoms with Crippen LogP contribution in [0.5, 0.6) is 0 Å². The second-order valence-electron chi connectivity index (χ2n) is 5.26. The molecule has 3 aromatic rings. The summed E-state index contributed by atoms with van der Waals surface area (Å²) < 4.78 is 41.4. The molecule has 8 nitrogen and oxygen atoms in total. The summed E-state index contributed by atoms with van der Waals surface area (Å²) in [5, 5.41) is 16.2. The quantitative estimate of drug-likeness (QED) is 0.408. The zero-order chi connectivity index (χ0) is 19.8. The highest BCUT2D eigenvalue weighted by atomic mass is 35.5. The van der Waals surface area contributed by atoms with Gasteiger partial charge < -0.3 is 10.1 Å². The molecule has 1 radical (unpaired) electrons. The van der Waals surface area contributed by atoms with Crippen LogP contribution in [0.25, 0.3) is 10.9 Å². The van der Waals surface area contributed by atoms with Gasteiger partial charge in [-0.2, -0.15) is 13.2 Å². The molecule has 0 aliphatic rings. The summed E-state index contributed by atoms with van der Waals surface area (Å²) in [4.78, 5) is 27.7. The van der Waals surface area contributed by atoms with Crippen LogP contribution in [-0.2, 0) is 6.18 Å². The van der Waals surface area contributed by atoms with E-state index >= 15 is 0 Å². The summed E-state index contributed by atoms with van der Waals surface area (Å²) >= 11 is 6.86. The van der Waals surface area contributed by atoms with E-state index in [1.165, 1.54) is 16.7 Å². The van der Waals surface area contributed by atoms with Crippen LogP contribution in [0.3, 0.4) is 0 Å². The smallest absolute Gasteiger partial charge is 0.398 e. The third-order valence-electron chi connectivity index (χ3n) is 3.55. The minimum absolute atomic E-state index is 0.0929. The number of aliphatic hydroxyl groups is 1. The number of benzene rings is 1. The molecule has 0 atom stereocenters. The molecule has 143 valence electrons. The van der Waals surface area contributed by atoms with Gasteiger partial charge in [0.15, 0.2) is 0 Å². The number of nitrogens with one attached hydrogen (secondary N) is 2. The van der Waals surface area contributed by atoms with E-state index < -0.39 is 37.0 Å². The van der Waals surface area contributed by atoms with Crippen molar-refractivity contribution in [3.05, 3.63) is 49.9 Å². The van der Waals surface area contributed by atoms with Gasteiger partial charge in [-0.1, -0.05) is 16.8 Å². The highest BCUT2D eigenvalue weighted by Crippen LogP contribution is 2.42. The van der Waals surface area contributed by atoms with Gasteiger partial charge in [-0.3, -0.25) is 14.1 Å². The van der Waals surface area contributed by atoms with E-state index in [0.717, 1.165) is 11.8 Å². The summed E-state index contributed by atoms with van der Waals surface area (Å²) in [7, 11) is -1.72. The van der Waals surface area contributed by atoms with Gasteiger partial charge in [0.05, 0.1) is 38.8 Å². The molecule has 0 amide bonds. The second-order valence-corrected chi connectivity index (χ2v) is 9.39. The van der Waals surface area contributed by atoms with Crippen molar-refractivity contribution in [2.24, 2.45) is 0 Å². The Morgan fingerprint density at radius 3 is 2.67 bits per heavy atom. The first-order valence-electron chi connectivity index (χ1n) is 7.23. The van der Waals surface area contributed by atoms with E-state index in [4.69, 9.17) is 11.6 Å². The molecule has 3 N–H and O–H groups in total. The predicted octanol–water partition coefficient (Wildman–Crippen LogP) is 1.18. The molecular weight excluding hydrogens is 427 g/mol. The number of aromatic amines is 2.